The number of nitrogens with one attached hydrogen (secondary N) is 1. The van der Waals surface area contributed by atoms with Crippen LogP contribution in [-0.2, 0) is 14.3 Å². The molecule has 13 nitrogen and oxygen atoms in total. The highest BCUT2D eigenvalue weighted by Crippen LogP contribution is 2.41. The first-order valence-electron chi connectivity index (χ1n) is 14.4. The molecule has 2 fully saturated rings. The SMILES string of the molecule is COC(=O)[C@@H](C)N(c1nc(Cl)ncc1[N+](=O)[O-])C1CCC(F)(F)CC1.C[C@@H]1C(=O)Nc2cnc(Cl)nc2N1C1CCC(F)(F)CC1. The molecule has 0 radical (unpaired) electrons. The third-order valence-corrected chi connectivity index (χ3v) is 8.68. The van der Waals surface area contributed by atoms with E-state index in [9.17, 15) is 37.3 Å². The minimum absolute atomic E-state index is 0.0487. The van der Waals surface area contributed by atoms with Crippen LogP contribution in [0.3, 0.4) is 0 Å². The molecule has 0 saturated heterocycles. The number of carbonyl (C=O) groups is 2. The molecule has 2 aliphatic carbocycles. The molecule has 2 saturated carbocycles. The van der Waals surface area contributed by atoms with E-state index in [0.29, 0.717) is 24.3 Å². The van der Waals surface area contributed by atoms with E-state index in [4.69, 9.17) is 27.9 Å². The molecule has 46 heavy (non-hydrogen) atoms. The Morgan fingerprint density at radius 2 is 1.61 bits per heavy atom. The van der Waals surface area contributed by atoms with Gasteiger partial charge in [-0.25, -0.2) is 32.3 Å². The summed E-state index contributed by atoms with van der Waals surface area (Å²) in [5.74, 6) is -5.92. The van der Waals surface area contributed by atoms with Crippen LogP contribution in [0.2, 0.25) is 10.6 Å². The molecule has 0 unspecified atom stereocenters. The number of methoxy groups -OCH3 is 1. The Bertz CT molecular complexity index is 1460. The van der Waals surface area contributed by atoms with Crippen LogP contribution in [0, 0.1) is 10.1 Å². The van der Waals surface area contributed by atoms with E-state index in [1.165, 1.54) is 25.1 Å². The van der Waals surface area contributed by atoms with Crippen molar-refractivity contribution in [1.82, 2.24) is 19.9 Å². The molecule has 0 spiro atoms. The van der Waals surface area contributed by atoms with Crippen molar-refractivity contribution in [3.63, 3.8) is 0 Å². The number of ether oxygens (including phenoxy) is 1. The maximum atomic E-state index is 13.5. The van der Waals surface area contributed by atoms with E-state index < -0.39 is 46.6 Å². The van der Waals surface area contributed by atoms with Crippen molar-refractivity contribution in [2.45, 2.75) is 101 Å². The number of hydrogen-bond donors (Lipinski definition) is 1. The summed E-state index contributed by atoms with van der Waals surface area (Å²) in [4.78, 5) is 53.3. The molecule has 252 valence electrons. The van der Waals surface area contributed by atoms with Crippen molar-refractivity contribution in [2.75, 3.05) is 22.2 Å². The zero-order chi connectivity index (χ0) is 34.0. The smallest absolute Gasteiger partial charge is 0.329 e. The van der Waals surface area contributed by atoms with Gasteiger partial charge in [0, 0.05) is 37.8 Å². The summed E-state index contributed by atoms with van der Waals surface area (Å²) in [5.41, 5.74) is 0.0114. The number of esters is 1. The zero-order valence-corrected chi connectivity index (χ0v) is 26.6. The second kappa shape index (κ2) is 14.0. The average Bonchev–Trinajstić information content (AvgIpc) is 2.99. The number of amides is 1. The van der Waals surface area contributed by atoms with Gasteiger partial charge in [-0.2, -0.15) is 9.97 Å². The number of anilines is 3. The van der Waals surface area contributed by atoms with Gasteiger partial charge in [-0.15, -0.1) is 0 Å². The number of alkyl halides is 4. The van der Waals surface area contributed by atoms with Gasteiger partial charge in [-0.05, 0) is 62.7 Å². The van der Waals surface area contributed by atoms with Crippen LogP contribution >= 0.6 is 23.2 Å². The molecule has 3 aliphatic rings. The van der Waals surface area contributed by atoms with Crippen molar-refractivity contribution < 1.29 is 36.8 Å². The van der Waals surface area contributed by atoms with Crippen LogP contribution in [0.4, 0.5) is 40.6 Å². The van der Waals surface area contributed by atoms with Gasteiger partial charge >= 0.3 is 11.7 Å². The standard InChI is InChI=1S/C14H17ClF2N4O4.C13H15ClF2N4O/c1-8(12(22)25-2)20(9-3-5-14(16,17)6-4-9)11-10(21(23)24)7-18-13(15)19-11;1-7-11(21)18-9-6-17-12(14)19-10(9)20(7)8-2-4-13(15,16)5-3-8/h7-9H,3-6H2,1-2H3;6-8H,2-5H2,1H3,(H,18,21)/t8-;7-/m11/s1. The number of nitrogens with zero attached hydrogens (tertiary/aromatic N) is 7. The Morgan fingerprint density at radius 3 is 2.17 bits per heavy atom. The lowest BCUT2D eigenvalue weighted by Gasteiger charge is -2.43. The molecule has 3 heterocycles. The van der Waals surface area contributed by atoms with Gasteiger partial charge in [0.25, 0.3) is 0 Å². The number of hydrogen-bond acceptors (Lipinski definition) is 11. The fourth-order valence-electron chi connectivity index (χ4n) is 5.90. The molecular formula is C27H32Cl2F4N8O5. The summed E-state index contributed by atoms with van der Waals surface area (Å²) in [6.07, 6.45) is 2.02. The quantitative estimate of drug-likeness (QED) is 0.127. The number of rotatable bonds is 6. The lowest BCUT2D eigenvalue weighted by molar-refractivity contribution is -0.384. The largest absolute Gasteiger partial charge is 0.467 e. The van der Waals surface area contributed by atoms with Gasteiger partial charge < -0.3 is 19.9 Å². The molecule has 0 bridgehead atoms. The van der Waals surface area contributed by atoms with Gasteiger partial charge in [0.2, 0.25) is 34.1 Å². The van der Waals surface area contributed by atoms with Crippen LogP contribution in [0.1, 0.15) is 65.2 Å². The minimum Gasteiger partial charge on any atom is -0.467 e. The molecule has 1 aliphatic heterocycles. The van der Waals surface area contributed by atoms with E-state index in [-0.39, 0.29) is 66.9 Å². The molecule has 1 amide bonds. The van der Waals surface area contributed by atoms with Crippen molar-refractivity contribution in [2.24, 2.45) is 0 Å². The minimum atomic E-state index is -2.79. The second-order valence-electron chi connectivity index (χ2n) is 11.3. The Labute approximate surface area is 271 Å². The fraction of sp³-hybridized carbons (Fsp3) is 0.630. The molecule has 19 heteroatoms. The van der Waals surface area contributed by atoms with Crippen molar-refractivity contribution in [3.05, 3.63) is 33.1 Å². The molecule has 2 atom stereocenters. The summed E-state index contributed by atoms with van der Waals surface area (Å²) in [5, 5.41) is 13.8. The van der Waals surface area contributed by atoms with Crippen LogP contribution in [0.15, 0.2) is 12.4 Å². The number of aromatic nitrogens is 4. The lowest BCUT2D eigenvalue weighted by atomic mass is 9.90. The Morgan fingerprint density at radius 1 is 1.07 bits per heavy atom. The average molecular weight is 696 g/mol. The molecule has 2 aromatic rings. The first-order chi connectivity index (χ1) is 21.5. The van der Waals surface area contributed by atoms with Crippen molar-refractivity contribution in [3.8, 4) is 0 Å². The molecular weight excluding hydrogens is 663 g/mol. The third kappa shape index (κ3) is 8.03. The van der Waals surface area contributed by atoms with Gasteiger partial charge in [0.15, 0.2) is 5.82 Å². The Kier molecular flexibility index (Phi) is 10.8. The monoisotopic (exact) mass is 694 g/mol. The number of fused-ring (bicyclic) bond motifs is 1. The normalized spacial score (nSPS) is 21.6. The summed E-state index contributed by atoms with van der Waals surface area (Å²) in [6.45, 7) is 3.21. The van der Waals surface area contributed by atoms with E-state index in [2.05, 4.69) is 25.3 Å². The highest BCUT2D eigenvalue weighted by Gasteiger charge is 2.43. The van der Waals surface area contributed by atoms with Crippen LogP contribution < -0.4 is 15.1 Å². The first-order valence-corrected chi connectivity index (χ1v) is 15.2. The topological polar surface area (TPSA) is 157 Å². The molecule has 1 N–H and O–H groups in total. The second-order valence-corrected chi connectivity index (χ2v) is 12.0. The van der Waals surface area contributed by atoms with Crippen LogP contribution in [-0.4, -0.2) is 79.9 Å². The number of carbonyl (C=O) groups excluding carboxylic acids is 2. The van der Waals surface area contributed by atoms with E-state index in [0.717, 1.165) is 6.20 Å². The lowest BCUT2D eigenvalue weighted by Crippen LogP contribution is -2.53. The van der Waals surface area contributed by atoms with E-state index in [1.54, 1.807) is 11.8 Å². The highest BCUT2D eigenvalue weighted by atomic mass is 35.5. The number of halogens is 6. The van der Waals surface area contributed by atoms with Gasteiger partial charge in [-0.3, -0.25) is 14.9 Å². The molecule has 2 aromatic heterocycles. The molecule has 5 rings (SSSR count). The zero-order valence-electron chi connectivity index (χ0n) is 25.1. The fourth-order valence-corrected chi connectivity index (χ4v) is 6.16. The van der Waals surface area contributed by atoms with Crippen LogP contribution in [0.5, 0.6) is 0 Å². The summed E-state index contributed by atoms with van der Waals surface area (Å²) in [6, 6.07) is -2.12. The van der Waals surface area contributed by atoms with Gasteiger partial charge in [0.1, 0.15) is 24.0 Å². The maximum absolute atomic E-state index is 13.5. The predicted molar refractivity (Wildman–Crippen MR) is 160 cm³/mol. The first kappa shape index (κ1) is 35.3. The number of nitro groups is 1. The van der Waals surface area contributed by atoms with E-state index >= 15 is 0 Å². The maximum Gasteiger partial charge on any atom is 0.329 e. The van der Waals surface area contributed by atoms with Gasteiger partial charge in [0.05, 0.1) is 18.2 Å². The Hall–Kier alpha value is -3.60. The predicted octanol–water partition coefficient (Wildman–Crippen LogP) is 5.84. The van der Waals surface area contributed by atoms with Crippen molar-refractivity contribution in [1.29, 1.82) is 0 Å². The summed E-state index contributed by atoms with van der Waals surface area (Å²) < 4.78 is 58.3. The van der Waals surface area contributed by atoms with E-state index in [1.807, 2.05) is 0 Å². The Balaban J connectivity index is 0.000000211. The summed E-state index contributed by atoms with van der Waals surface area (Å²) in [7, 11) is 1.17. The summed E-state index contributed by atoms with van der Waals surface area (Å²) >= 11 is 11.6. The third-order valence-electron chi connectivity index (χ3n) is 8.32. The molecule has 0 aromatic carbocycles. The van der Waals surface area contributed by atoms with Crippen LogP contribution in [0.25, 0.3) is 0 Å². The van der Waals surface area contributed by atoms with Crippen molar-refractivity contribution >= 4 is 58.1 Å². The van der Waals surface area contributed by atoms with Gasteiger partial charge in [-0.1, -0.05) is 0 Å². The highest BCUT2D eigenvalue weighted by molar-refractivity contribution is 6.28.